The average molecular weight is 297 g/mol. The Hall–Kier alpha value is -2.55. The van der Waals surface area contributed by atoms with Crippen molar-refractivity contribution in [2.45, 2.75) is 0 Å². The summed E-state index contributed by atoms with van der Waals surface area (Å²) in [5.74, 6) is -3.39. The van der Waals surface area contributed by atoms with Gasteiger partial charge in [0.2, 0.25) is 0 Å². The molecule has 0 aromatic heterocycles. The smallest absolute Gasteiger partial charge is 0.335 e. The first-order valence-electron chi connectivity index (χ1n) is 5.15. The van der Waals surface area contributed by atoms with Gasteiger partial charge < -0.3 is 21.1 Å². The Labute approximate surface area is 117 Å². The Bertz CT molecular complexity index is 600. The zero-order valence-corrected chi connectivity index (χ0v) is 10.8. The number of nitrogens with zero attached hydrogens (tertiary/aromatic N) is 1. The van der Waals surface area contributed by atoms with Crippen molar-refractivity contribution in [1.29, 1.82) is 5.41 Å². The lowest BCUT2D eigenvalue weighted by atomic mass is 10.1. The fraction of sp³-hybridized carbons (Fsp3) is 0.0909. The maximum atomic E-state index is 10.8. The number of thioether (sulfide) groups is 1. The van der Waals surface area contributed by atoms with Crippen LogP contribution in [0.1, 0.15) is 15.9 Å². The van der Waals surface area contributed by atoms with Crippen molar-refractivity contribution in [2.75, 3.05) is 5.75 Å². The summed E-state index contributed by atoms with van der Waals surface area (Å²) in [6.45, 7) is 0. The number of hydrogen-bond donors (Lipinski definition) is 5. The van der Waals surface area contributed by atoms with E-state index in [1.54, 1.807) is 0 Å². The molecule has 20 heavy (non-hydrogen) atoms. The average Bonchev–Trinajstić information content (AvgIpc) is 2.36. The molecule has 0 amide bonds. The van der Waals surface area contributed by atoms with Gasteiger partial charge in [0.25, 0.3) is 0 Å². The predicted octanol–water partition coefficient (Wildman–Crippen LogP) is 0.548. The normalized spacial score (nSPS) is 11.1. The lowest BCUT2D eigenvalue weighted by molar-refractivity contribution is -0.133. The maximum absolute atomic E-state index is 10.8. The first-order chi connectivity index (χ1) is 9.31. The molecule has 0 aliphatic heterocycles. The van der Waals surface area contributed by atoms with Crippen LogP contribution < -0.4 is 5.73 Å². The molecular formula is C11H11N3O5S. The van der Waals surface area contributed by atoms with Crippen LogP contribution in [0.5, 0.6) is 5.75 Å². The summed E-state index contributed by atoms with van der Waals surface area (Å²) in [6, 6.07) is 3.39. The van der Waals surface area contributed by atoms with Crippen LogP contribution in [0.4, 0.5) is 0 Å². The summed E-state index contributed by atoms with van der Waals surface area (Å²) in [5, 5.41) is 34.3. The number of rotatable bonds is 4. The Morgan fingerprint density at radius 1 is 1.35 bits per heavy atom. The monoisotopic (exact) mass is 297 g/mol. The highest BCUT2D eigenvalue weighted by Crippen LogP contribution is 2.20. The van der Waals surface area contributed by atoms with E-state index in [-0.39, 0.29) is 27.8 Å². The lowest BCUT2D eigenvalue weighted by Gasteiger charge is -2.05. The highest BCUT2D eigenvalue weighted by atomic mass is 32.2. The third-order valence-corrected chi connectivity index (χ3v) is 2.84. The summed E-state index contributed by atoms with van der Waals surface area (Å²) >= 11 is 0.713. The van der Waals surface area contributed by atoms with Crippen LogP contribution in [0.3, 0.4) is 0 Å². The number of carbonyl (C=O) groups is 2. The number of phenolic OH excluding ortho intramolecular Hbond substituents is 1. The third kappa shape index (κ3) is 4.28. The summed E-state index contributed by atoms with van der Waals surface area (Å²) < 4.78 is 0. The summed E-state index contributed by atoms with van der Waals surface area (Å²) in [6.07, 6.45) is 0. The number of carboxylic acids is 2. The molecule has 0 saturated carbocycles. The summed E-state index contributed by atoms with van der Waals surface area (Å²) in [4.78, 5) is 24.8. The van der Waals surface area contributed by atoms with Crippen molar-refractivity contribution in [2.24, 2.45) is 10.7 Å². The van der Waals surface area contributed by atoms with E-state index in [2.05, 4.69) is 4.99 Å². The van der Waals surface area contributed by atoms with Gasteiger partial charge in [0.05, 0.1) is 16.9 Å². The number of aromatic hydroxyl groups is 1. The minimum absolute atomic E-state index is 0.108. The number of hydrogen-bond acceptors (Lipinski definition) is 5. The molecule has 1 aromatic carbocycles. The number of aromatic carboxylic acids is 1. The van der Waals surface area contributed by atoms with Crippen LogP contribution in [0.25, 0.3) is 0 Å². The second-order valence-electron chi connectivity index (χ2n) is 3.52. The molecule has 0 fully saturated rings. The molecule has 0 radical (unpaired) electrons. The van der Waals surface area contributed by atoms with Gasteiger partial charge >= 0.3 is 11.9 Å². The predicted molar refractivity (Wildman–Crippen MR) is 73.6 cm³/mol. The molecule has 6 N–H and O–H groups in total. The van der Waals surface area contributed by atoms with E-state index in [9.17, 15) is 14.7 Å². The van der Waals surface area contributed by atoms with Crippen LogP contribution in [-0.4, -0.2) is 44.0 Å². The lowest BCUT2D eigenvalue weighted by Crippen LogP contribution is -2.13. The molecule has 0 heterocycles. The van der Waals surface area contributed by atoms with E-state index < -0.39 is 17.8 Å². The van der Waals surface area contributed by atoms with Gasteiger partial charge in [-0.3, -0.25) is 10.2 Å². The molecule has 0 unspecified atom stereocenters. The van der Waals surface area contributed by atoms with Gasteiger partial charge in [0, 0.05) is 0 Å². The molecule has 8 nitrogen and oxygen atoms in total. The van der Waals surface area contributed by atoms with E-state index in [1.807, 2.05) is 0 Å². The van der Waals surface area contributed by atoms with Crippen molar-refractivity contribution in [1.82, 2.24) is 0 Å². The standard InChI is InChI=1S/C11H11N3O5S/c12-9(14-11(13)20-4-8(16)17)6-3-5(10(18)19)1-2-7(6)15/h1-3,15H,4H2,(H,16,17)(H,18,19)(H3,12,13,14). The van der Waals surface area contributed by atoms with Gasteiger partial charge in [-0.15, -0.1) is 0 Å². The minimum atomic E-state index is -1.21. The number of aliphatic imine (C=N–C) groups is 1. The first-order valence-corrected chi connectivity index (χ1v) is 6.13. The molecule has 106 valence electrons. The number of benzene rings is 1. The van der Waals surface area contributed by atoms with Gasteiger partial charge in [0.15, 0.2) is 11.0 Å². The van der Waals surface area contributed by atoms with Crippen LogP contribution >= 0.6 is 11.8 Å². The van der Waals surface area contributed by atoms with Crippen molar-refractivity contribution in [3.63, 3.8) is 0 Å². The molecule has 0 aliphatic carbocycles. The molecule has 0 aliphatic rings. The van der Waals surface area contributed by atoms with E-state index >= 15 is 0 Å². The fourth-order valence-corrected chi connectivity index (χ4v) is 1.62. The van der Waals surface area contributed by atoms with Gasteiger partial charge in [-0.2, -0.15) is 0 Å². The Kier molecular flexibility index (Phi) is 5.09. The second-order valence-corrected chi connectivity index (χ2v) is 4.51. The first kappa shape index (κ1) is 15.5. The molecule has 0 bridgehead atoms. The third-order valence-electron chi connectivity index (χ3n) is 2.06. The van der Waals surface area contributed by atoms with Crippen LogP contribution in [0.15, 0.2) is 23.2 Å². The fourth-order valence-electron chi connectivity index (χ4n) is 1.20. The van der Waals surface area contributed by atoms with E-state index in [1.165, 1.54) is 6.07 Å². The van der Waals surface area contributed by atoms with Gasteiger partial charge in [-0.05, 0) is 18.2 Å². The quantitative estimate of drug-likeness (QED) is 0.401. The van der Waals surface area contributed by atoms with Gasteiger partial charge in [-0.1, -0.05) is 11.8 Å². The van der Waals surface area contributed by atoms with Gasteiger partial charge in [0.1, 0.15) is 5.75 Å². The molecular weight excluding hydrogens is 286 g/mol. The number of phenols is 1. The Morgan fingerprint density at radius 2 is 2.00 bits per heavy atom. The SMILES string of the molecule is N=C(N=C(N)SCC(=O)O)c1cc(C(=O)O)ccc1O. The van der Waals surface area contributed by atoms with Crippen molar-refractivity contribution in [3.8, 4) is 5.75 Å². The number of amidine groups is 2. The molecule has 1 rings (SSSR count). The zero-order chi connectivity index (χ0) is 15.3. The molecule has 9 heteroatoms. The van der Waals surface area contributed by atoms with Crippen molar-refractivity contribution < 1.29 is 24.9 Å². The zero-order valence-electron chi connectivity index (χ0n) is 10.0. The topological polar surface area (TPSA) is 157 Å². The van der Waals surface area contributed by atoms with E-state index in [0.717, 1.165) is 12.1 Å². The Balaban J connectivity index is 2.97. The minimum Gasteiger partial charge on any atom is -0.507 e. The highest BCUT2D eigenvalue weighted by Gasteiger charge is 2.12. The number of carboxylic acid groups (broad SMARTS) is 2. The van der Waals surface area contributed by atoms with Crippen LogP contribution in [-0.2, 0) is 4.79 Å². The second kappa shape index (κ2) is 6.57. The molecule has 1 aromatic rings. The maximum Gasteiger partial charge on any atom is 0.335 e. The van der Waals surface area contributed by atoms with Crippen LogP contribution in [0, 0.1) is 5.41 Å². The molecule has 0 spiro atoms. The number of aliphatic carboxylic acids is 1. The molecule has 0 atom stereocenters. The largest absolute Gasteiger partial charge is 0.507 e. The summed E-state index contributed by atoms with van der Waals surface area (Å²) in [7, 11) is 0. The number of nitrogens with two attached hydrogens (primary N) is 1. The van der Waals surface area contributed by atoms with Gasteiger partial charge in [-0.25, -0.2) is 9.79 Å². The van der Waals surface area contributed by atoms with E-state index in [0.29, 0.717) is 11.8 Å². The van der Waals surface area contributed by atoms with E-state index in [4.69, 9.17) is 21.4 Å². The number of nitrogens with one attached hydrogen (secondary N) is 1. The van der Waals surface area contributed by atoms with Crippen molar-refractivity contribution >= 4 is 34.7 Å². The highest BCUT2D eigenvalue weighted by molar-refractivity contribution is 8.14. The molecule has 0 saturated heterocycles. The van der Waals surface area contributed by atoms with Crippen molar-refractivity contribution in [3.05, 3.63) is 29.3 Å². The Morgan fingerprint density at radius 3 is 2.55 bits per heavy atom. The summed E-state index contributed by atoms with van der Waals surface area (Å²) in [5.41, 5.74) is 5.20. The van der Waals surface area contributed by atoms with Crippen LogP contribution in [0.2, 0.25) is 0 Å².